The Morgan fingerprint density at radius 1 is 1.12 bits per heavy atom. The second-order valence-electron chi connectivity index (χ2n) is 3.00. The first-order valence-corrected chi connectivity index (χ1v) is 5.41. The van der Waals surface area contributed by atoms with Gasteiger partial charge in [-0.3, -0.25) is 10.1 Å². The van der Waals surface area contributed by atoms with Crippen LogP contribution in [0.1, 0.15) is 0 Å². The molecule has 0 radical (unpaired) electrons. The number of nitrogens with zero attached hydrogens (tertiary/aromatic N) is 2. The van der Waals surface area contributed by atoms with E-state index in [9.17, 15) is 10.1 Å². The van der Waals surface area contributed by atoms with Crippen molar-refractivity contribution in [3.8, 4) is 0 Å². The van der Waals surface area contributed by atoms with Crippen LogP contribution >= 0.6 is 11.8 Å². The summed E-state index contributed by atoms with van der Waals surface area (Å²) >= 11 is 1.29. The van der Waals surface area contributed by atoms with Gasteiger partial charge in [-0.25, -0.2) is 4.98 Å². The molecule has 0 fully saturated rings. The molecule has 0 amide bonds. The molecular weight excluding hydrogens is 224 g/mol. The zero-order valence-corrected chi connectivity index (χ0v) is 9.05. The summed E-state index contributed by atoms with van der Waals surface area (Å²) in [6.07, 6.45) is 1.55. The molecule has 0 bridgehead atoms. The maximum atomic E-state index is 10.8. The van der Waals surface area contributed by atoms with Gasteiger partial charge in [0.05, 0.1) is 4.92 Å². The normalized spacial score (nSPS) is 10.0. The van der Waals surface area contributed by atoms with Gasteiger partial charge in [-0.05, 0) is 18.2 Å². The average Bonchev–Trinajstić information content (AvgIpc) is 2.31. The van der Waals surface area contributed by atoms with Crippen LogP contribution in [-0.2, 0) is 0 Å². The lowest BCUT2D eigenvalue weighted by Crippen LogP contribution is -1.92. The van der Waals surface area contributed by atoms with Gasteiger partial charge < -0.3 is 0 Å². The van der Waals surface area contributed by atoms with Gasteiger partial charge in [-0.1, -0.05) is 30.0 Å². The minimum Gasteiger partial charge on any atom is -0.258 e. The number of hydrogen-bond donors (Lipinski definition) is 0. The quantitative estimate of drug-likeness (QED) is 0.602. The Balaban J connectivity index is 2.31. The van der Waals surface area contributed by atoms with Crippen molar-refractivity contribution in [1.29, 1.82) is 0 Å². The van der Waals surface area contributed by atoms with Crippen LogP contribution in [0.25, 0.3) is 0 Å². The summed E-state index contributed by atoms with van der Waals surface area (Å²) < 4.78 is 0. The first kappa shape index (κ1) is 10.6. The molecule has 2 aromatic rings. The molecule has 0 spiro atoms. The highest BCUT2D eigenvalue weighted by atomic mass is 32.2. The van der Waals surface area contributed by atoms with Crippen LogP contribution in [0.5, 0.6) is 0 Å². The molecule has 0 atom stereocenters. The Morgan fingerprint density at radius 2 is 1.88 bits per heavy atom. The smallest absolute Gasteiger partial charge is 0.258 e. The van der Waals surface area contributed by atoms with E-state index in [-0.39, 0.29) is 5.69 Å². The van der Waals surface area contributed by atoms with Crippen LogP contribution in [-0.4, -0.2) is 9.91 Å². The van der Waals surface area contributed by atoms with Gasteiger partial charge in [-0.2, -0.15) is 0 Å². The Kier molecular flexibility index (Phi) is 3.16. The maximum Gasteiger partial charge on any atom is 0.301 e. The van der Waals surface area contributed by atoms with Crippen molar-refractivity contribution in [1.82, 2.24) is 4.98 Å². The fraction of sp³-hybridized carbons (Fsp3) is 0. The Bertz CT molecular complexity index is 502. The van der Waals surface area contributed by atoms with Gasteiger partial charge in [0.15, 0.2) is 5.03 Å². The number of aromatic nitrogens is 1. The predicted molar refractivity (Wildman–Crippen MR) is 61.5 cm³/mol. The summed E-state index contributed by atoms with van der Waals surface area (Å²) in [7, 11) is 0. The number of nitro groups is 1. The first-order valence-electron chi connectivity index (χ1n) is 4.59. The molecule has 0 saturated carbocycles. The third-order valence-corrected chi connectivity index (χ3v) is 2.92. The number of benzene rings is 1. The molecule has 2 rings (SSSR count). The molecule has 1 aromatic carbocycles. The van der Waals surface area contributed by atoms with Crippen molar-refractivity contribution < 1.29 is 4.92 Å². The largest absolute Gasteiger partial charge is 0.301 e. The summed E-state index contributed by atoms with van der Waals surface area (Å²) in [6, 6.07) is 12.5. The minimum atomic E-state index is -0.418. The Labute approximate surface area is 96.5 Å². The van der Waals surface area contributed by atoms with Crippen molar-refractivity contribution in [2.75, 3.05) is 0 Å². The lowest BCUT2D eigenvalue weighted by atomic mass is 10.4. The van der Waals surface area contributed by atoms with E-state index in [1.807, 2.05) is 30.3 Å². The van der Waals surface area contributed by atoms with Crippen molar-refractivity contribution >= 4 is 17.4 Å². The van der Waals surface area contributed by atoms with Crippen LogP contribution in [0.4, 0.5) is 5.69 Å². The molecule has 80 valence electrons. The molecule has 0 saturated heterocycles. The van der Waals surface area contributed by atoms with Crippen LogP contribution in [0, 0.1) is 10.1 Å². The number of hydrogen-bond acceptors (Lipinski definition) is 4. The minimum absolute atomic E-state index is 0.0383. The average molecular weight is 232 g/mol. The first-order chi connectivity index (χ1) is 7.77. The summed E-state index contributed by atoms with van der Waals surface area (Å²) in [5.74, 6) is 0. The van der Waals surface area contributed by atoms with Gasteiger partial charge >= 0.3 is 5.69 Å². The molecule has 1 aromatic heterocycles. The third kappa shape index (κ3) is 2.38. The van der Waals surface area contributed by atoms with E-state index in [2.05, 4.69) is 4.98 Å². The van der Waals surface area contributed by atoms with Crippen LogP contribution < -0.4 is 0 Å². The van der Waals surface area contributed by atoms with E-state index >= 15 is 0 Å². The molecule has 0 aliphatic rings. The predicted octanol–water partition coefficient (Wildman–Crippen LogP) is 3.14. The summed E-state index contributed by atoms with van der Waals surface area (Å²) in [5, 5.41) is 11.2. The van der Waals surface area contributed by atoms with Crippen molar-refractivity contribution in [3.63, 3.8) is 0 Å². The highest BCUT2D eigenvalue weighted by molar-refractivity contribution is 7.99. The van der Waals surface area contributed by atoms with Gasteiger partial charge in [-0.15, -0.1) is 0 Å². The summed E-state index contributed by atoms with van der Waals surface area (Å²) in [6.45, 7) is 0. The molecule has 1 heterocycles. The molecule has 0 unspecified atom stereocenters. The fourth-order valence-corrected chi connectivity index (χ4v) is 2.08. The van der Waals surface area contributed by atoms with Gasteiger partial charge in [0.2, 0.25) is 0 Å². The second-order valence-corrected chi connectivity index (χ2v) is 4.06. The molecule has 4 nitrogen and oxygen atoms in total. The van der Waals surface area contributed by atoms with Crippen LogP contribution in [0.3, 0.4) is 0 Å². The van der Waals surface area contributed by atoms with E-state index in [0.29, 0.717) is 5.03 Å². The van der Waals surface area contributed by atoms with Crippen molar-refractivity contribution in [3.05, 3.63) is 58.8 Å². The van der Waals surface area contributed by atoms with Crippen LogP contribution in [0.15, 0.2) is 58.6 Å². The molecule has 0 N–H and O–H groups in total. The highest BCUT2D eigenvalue weighted by Gasteiger charge is 2.14. The van der Waals surface area contributed by atoms with E-state index < -0.39 is 4.92 Å². The molecule has 0 aliphatic carbocycles. The lowest BCUT2D eigenvalue weighted by Gasteiger charge is -2.00. The third-order valence-electron chi connectivity index (χ3n) is 1.91. The standard InChI is InChI=1S/C11H8N2O2S/c14-13(15)10-7-4-8-12-11(10)16-9-5-2-1-3-6-9/h1-8H. The molecule has 16 heavy (non-hydrogen) atoms. The van der Waals surface area contributed by atoms with Crippen molar-refractivity contribution in [2.24, 2.45) is 0 Å². The highest BCUT2D eigenvalue weighted by Crippen LogP contribution is 2.32. The molecule has 0 aliphatic heterocycles. The maximum absolute atomic E-state index is 10.8. The number of pyridine rings is 1. The van der Waals surface area contributed by atoms with Crippen LogP contribution in [0.2, 0.25) is 0 Å². The lowest BCUT2D eigenvalue weighted by molar-refractivity contribution is -0.388. The van der Waals surface area contributed by atoms with E-state index in [4.69, 9.17) is 0 Å². The van der Waals surface area contributed by atoms with E-state index in [1.54, 1.807) is 12.3 Å². The van der Waals surface area contributed by atoms with Gasteiger partial charge in [0.1, 0.15) is 0 Å². The topological polar surface area (TPSA) is 56.0 Å². The molecule has 5 heteroatoms. The number of rotatable bonds is 3. The zero-order chi connectivity index (χ0) is 11.4. The SMILES string of the molecule is O=[N+]([O-])c1cccnc1Sc1ccccc1. The monoisotopic (exact) mass is 232 g/mol. The van der Waals surface area contributed by atoms with E-state index in [0.717, 1.165) is 4.90 Å². The van der Waals surface area contributed by atoms with Crippen molar-refractivity contribution in [2.45, 2.75) is 9.92 Å². The van der Waals surface area contributed by atoms with Gasteiger partial charge in [0, 0.05) is 17.2 Å². The van der Waals surface area contributed by atoms with E-state index in [1.165, 1.54) is 17.8 Å². The zero-order valence-electron chi connectivity index (χ0n) is 8.24. The Hall–Kier alpha value is -1.88. The summed E-state index contributed by atoms with van der Waals surface area (Å²) in [4.78, 5) is 15.3. The second kappa shape index (κ2) is 4.76. The fourth-order valence-electron chi connectivity index (χ4n) is 1.20. The Morgan fingerprint density at radius 3 is 2.56 bits per heavy atom. The molecular formula is C11H8N2O2S. The van der Waals surface area contributed by atoms with Gasteiger partial charge in [0.25, 0.3) is 0 Å². The summed E-state index contributed by atoms with van der Waals surface area (Å²) in [5.41, 5.74) is 0.0383.